The number of nitrogens with zero attached hydrogens (tertiary/aromatic N) is 3. The van der Waals surface area contributed by atoms with Gasteiger partial charge in [0.1, 0.15) is 0 Å². The molecular weight excluding hydrogens is 348 g/mol. The lowest BCUT2D eigenvalue weighted by atomic mass is 9.86. The number of aromatic amines is 1. The van der Waals surface area contributed by atoms with Gasteiger partial charge < -0.3 is 4.90 Å². The Labute approximate surface area is 165 Å². The number of hydrogen-bond donors (Lipinski definition) is 1. The van der Waals surface area contributed by atoms with Gasteiger partial charge in [-0.3, -0.25) is 9.89 Å². The van der Waals surface area contributed by atoms with Crippen LogP contribution in [-0.4, -0.2) is 39.1 Å². The first-order valence-electron chi connectivity index (χ1n) is 10.3. The van der Waals surface area contributed by atoms with Gasteiger partial charge >= 0.3 is 0 Å². The molecule has 1 aromatic carbocycles. The molecule has 1 aliphatic carbocycles. The molecule has 5 rings (SSSR count). The second-order valence-electron chi connectivity index (χ2n) is 8.70. The number of aromatic nitrogens is 3. The summed E-state index contributed by atoms with van der Waals surface area (Å²) in [6.07, 6.45) is 9.89. The van der Waals surface area contributed by atoms with E-state index in [4.69, 9.17) is 4.98 Å². The van der Waals surface area contributed by atoms with Crippen LogP contribution in [0.15, 0.2) is 30.6 Å². The summed E-state index contributed by atoms with van der Waals surface area (Å²) in [5.74, 6) is 0.146. The van der Waals surface area contributed by atoms with Crippen LogP contribution in [0.5, 0.6) is 0 Å². The van der Waals surface area contributed by atoms with Crippen LogP contribution >= 0.6 is 0 Å². The lowest BCUT2D eigenvalue weighted by Gasteiger charge is -2.24. The number of hydrogen-bond acceptors (Lipinski definition) is 3. The van der Waals surface area contributed by atoms with Crippen LogP contribution in [0.25, 0.3) is 22.2 Å². The summed E-state index contributed by atoms with van der Waals surface area (Å²) in [6, 6.07) is 6.17. The molecule has 0 unspecified atom stereocenters. The number of rotatable bonds is 2. The molecule has 2 aromatic heterocycles. The van der Waals surface area contributed by atoms with E-state index in [1.54, 1.807) is 6.20 Å². The van der Waals surface area contributed by atoms with E-state index in [2.05, 4.69) is 41.1 Å². The molecule has 0 atom stereocenters. The van der Waals surface area contributed by atoms with Crippen molar-refractivity contribution in [2.75, 3.05) is 13.1 Å². The summed E-state index contributed by atoms with van der Waals surface area (Å²) in [7, 11) is 0. The summed E-state index contributed by atoms with van der Waals surface area (Å²) in [4.78, 5) is 20.6. The number of nitrogens with one attached hydrogen (secondary N) is 1. The smallest absolute Gasteiger partial charge is 0.254 e. The zero-order valence-corrected chi connectivity index (χ0v) is 16.6. The van der Waals surface area contributed by atoms with Crippen molar-refractivity contribution in [3.63, 3.8) is 0 Å². The average Bonchev–Trinajstić information content (AvgIpc) is 3.43. The summed E-state index contributed by atoms with van der Waals surface area (Å²) in [6.45, 7) is 5.93. The molecule has 28 heavy (non-hydrogen) atoms. The van der Waals surface area contributed by atoms with E-state index >= 15 is 0 Å². The van der Waals surface area contributed by atoms with E-state index in [0.29, 0.717) is 5.41 Å². The normalized spacial score (nSPS) is 18.4. The minimum Gasteiger partial charge on any atom is -0.338 e. The zero-order chi connectivity index (χ0) is 19.3. The van der Waals surface area contributed by atoms with Gasteiger partial charge in [0.15, 0.2) is 0 Å². The first-order valence-corrected chi connectivity index (χ1v) is 10.3. The lowest BCUT2D eigenvalue weighted by molar-refractivity contribution is 0.0775. The Balaban J connectivity index is 1.62. The van der Waals surface area contributed by atoms with Crippen molar-refractivity contribution in [3.8, 4) is 11.3 Å². The molecule has 0 radical (unpaired) electrons. The molecule has 3 heterocycles. The Morgan fingerprint density at radius 1 is 1.14 bits per heavy atom. The van der Waals surface area contributed by atoms with E-state index in [9.17, 15) is 4.79 Å². The molecule has 1 spiro atoms. The van der Waals surface area contributed by atoms with Gasteiger partial charge in [-0.2, -0.15) is 5.10 Å². The zero-order valence-electron chi connectivity index (χ0n) is 16.6. The summed E-state index contributed by atoms with van der Waals surface area (Å²) < 4.78 is 0. The van der Waals surface area contributed by atoms with Crippen molar-refractivity contribution in [1.82, 2.24) is 20.1 Å². The number of fused-ring (bicyclic) bond motifs is 1. The van der Waals surface area contributed by atoms with Crippen molar-refractivity contribution in [2.24, 2.45) is 5.41 Å². The van der Waals surface area contributed by atoms with Gasteiger partial charge in [0, 0.05) is 30.2 Å². The Bertz CT molecular complexity index is 1050. The Hall–Kier alpha value is -2.69. The van der Waals surface area contributed by atoms with Gasteiger partial charge in [-0.05, 0) is 61.8 Å². The molecule has 1 aliphatic heterocycles. The highest BCUT2D eigenvalue weighted by molar-refractivity contribution is 6.08. The SMILES string of the molecule is Cc1cc(C)c2c(C(=O)N3CCC4(CCCC4)C3)cc(-c3cn[nH]c3)nc2c1. The molecule has 2 aliphatic rings. The predicted octanol–water partition coefficient (Wildman–Crippen LogP) is 4.65. The number of carbonyl (C=O) groups excluding carboxylic acids is 1. The van der Waals surface area contributed by atoms with Crippen LogP contribution in [0.3, 0.4) is 0 Å². The number of aryl methyl sites for hydroxylation is 2. The quantitative estimate of drug-likeness (QED) is 0.710. The summed E-state index contributed by atoms with van der Waals surface area (Å²) >= 11 is 0. The predicted molar refractivity (Wildman–Crippen MR) is 110 cm³/mol. The second kappa shape index (κ2) is 6.43. The highest BCUT2D eigenvalue weighted by atomic mass is 16.2. The van der Waals surface area contributed by atoms with Crippen LogP contribution in [0.1, 0.15) is 53.6 Å². The van der Waals surface area contributed by atoms with Gasteiger partial charge in [0.2, 0.25) is 0 Å². The van der Waals surface area contributed by atoms with E-state index in [0.717, 1.165) is 58.4 Å². The average molecular weight is 374 g/mol. The van der Waals surface area contributed by atoms with Gasteiger partial charge in [0.05, 0.1) is 23.0 Å². The van der Waals surface area contributed by atoms with E-state index in [1.807, 2.05) is 12.3 Å². The molecule has 3 aromatic rings. The molecule has 1 N–H and O–H groups in total. The third kappa shape index (κ3) is 2.81. The maximum atomic E-state index is 13.6. The third-order valence-corrected chi connectivity index (χ3v) is 6.66. The fourth-order valence-electron chi connectivity index (χ4n) is 5.27. The van der Waals surface area contributed by atoms with Crippen molar-refractivity contribution in [2.45, 2.75) is 46.0 Å². The van der Waals surface area contributed by atoms with Crippen LogP contribution in [-0.2, 0) is 0 Å². The summed E-state index contributed by atoms with van der Waals surface area (Å²) in [5, 5.41) is 7.89. The summed E-state index contributed by atoms with van der Waals surface area (Å²) in [5.41, 5.74) is 6.00. The van der Waals surface area contributed by atoms with Crippen LogP contribution in [0.2, 0.25) is 0 Å². The van der Waals surface area contributed by atoms with E-state index < -0.39 is 0 Å². The van der Waals surface area contributed by atoms with Crippen molar-refractivity contribution in [1.29, 1.82) is 0 Å². The van der Waals surface area contributed by atoms with Gasteiger partial charge in [-0.25, -0.2) is 4.98 Å². The number of carbonyl (C=O) groups is 1. The molecule has 144 valence electrons. The van der Waals surface area contributed by atoms with Crippen LogP contribution in [0, 0.1) is 19.3 Å². The van der Waals surface area contributed by atoms with Gasteiger partial charge in [-0.1, -0.05) is 18.9 Å². The maximum absolute atomic E-state index is 13.6. The number of amides is 1. The largest absolute Gasteiger partial charge is 0.338 e. The van der Waals surface area contributed by atoms with Gasteiger partial charge in [-0.15, -0.1) is 0 Å². The van der Waals surface area contributed by atoms with Gasteiger partial charge in [0.25, 0.3) is 5.91 Å². The monoisotopic (exact) mass is 374 g/mol. The molecule has 5 nitrogen and oxygen atoms in total. The Kier molecular flexibility index (Phi) is 4.00. The first-order chi connectivity index (χ1) is 13.5. The van der Waals surface area contributed by atoms with Crippen LogP contribution < -0.4 is 0 Å². The van der Waals surface area contributed by atoms with Crippen molar-refractivity contribution >= 4 is 16.8 Å². The fourth-order valence-corrected chi connectivity index (χ4v) is 5.27. The van der Waals surface area contributed by atoms with E-state index in [1.165, 1.54) is 25.7 Å². The maximum Gasteiger partial charge on any atom is 0.254 e. The lowest BCUT2D eigenvalue weighted by Crippen LogP contribution is -2.31. The molecule has 1 amide bonds. The third-order valence-electron chi connectivity index (χ3n) is 6.66. The van der Waals surface area contributed by atoms with Crippen molar-refractivity contribution < 1.29 is 4.79 Å². The number of H-pyrrole nitrogens is 1. The number of pyridine rings is 1. The Morgan fingerprint density at radius 3 is 2.71 bits per heavy atom. The molecule has 1 saturated carbocycles. The molecular formula is C23H26N4O. The highest BCUT2D eigenvalue weighted by Crippen LogP contribution is 2.45. The standard InChI is InChI=1S/C23H26N4O/c1-15-9-16(2)21-18(11-19(26-20(21)10-15)17-12-24-25-13-17)22(28)27-8-7-23(14-27)5-3-4-6-23/h9-13H,3-8,14H2,1-2H3,(H,24,25). The first kappa shape index (κ1) is 17.4. The molecule has 5 heteroatoms. The van der Waals surface area contributed by atoms with Crippen LogP contribution in [0.4, 0.5) is 0 Å². The minimum absolute atomic E-state index is 0.146. The fraction of sp³-hybridized carbons (Fsp3) is 0.435. The van der Waals surface area contributed by atoms with E-state index in [-0.39, 0.29) is 5.91 Å². The Morgan fingerprint density at radius 2 is 1.96 bits per heavy atom. The number of benzene rings is 1. The minimum atomic E-state index is 0.146. The molecule has 2 fully saturated rings. The molecule has 1 saturated heterocycles. The van der Waals surface area contributed by atoms with Crippen molar-refractivity contribution in [3.05, 3.63) is 47.3 Å². The number of likely N-dealkylation sites (tertiary alicyclic amines) is 1. The highest BCUT2D eigenvalue weighted by Gasteiger charge is 2.42. The molecule has 0 bridgehead atoms. The topological polar surface area (TPSA) is 61.9 Å². The second-order valence-corrected chi connectivity index (χ2v) is 8.70.